The Bertz CT molecular complexity index is 786. The molecule has 0 bridgehead atoms. The second kappa shape index (κ2) is 7.17. The van der Waals surface area contributed by atoms with Gasteiger partial charge in [0.05, 0.1) is 4.90 Å². The predicted molar refractivity (Wildman–Crippen MR) is 100 cm³/mol. The van der Waals surface area contributed by atoms with Gasteiger partial charge >= 0.3 is 6.03 Å². The van der Waals surface area contributed by atoms with Gasteiger partial charge in [0, 0.05) is 31.7 Å². The first kappa shape index (κ1) is 19.1. The van der Waals surface area contributed by atoms with Gasteiger partial charge in [0.25, 0.3) is 0 Å². The van der Waals surface area contributed by atoms with Gasteiger partial charge in [-0.25, -0.2) is 18.4 Å². The zero-order chi connectivity index (χ0) is 18.9. The van der Waals surface area contributed by atoms with Gasteiger partial charge in [-0.3, -0.25) is 0 Å². The van der Waals surface area contributed by atoms with E-state index in [4.69, 9.17) is 5.14 Å². The number of carbonyl (C=O) groups is 1. The number of hydrogen-bond donors (Lipinski definition) is 2. The van der Waals surface area contributed by atoms with Gasteiger partial charge in [-0.1, -0.05) is 6.07 Å². The monoisotopic (exact) mass is 380 g/mol. The van der Waals surface area contributed by atoms with Gasteiger partial charge < -0.3 is 15.1 Å². The molecule has 0 saturated carbocycles. The molecule has 2 saturated heterocycles. The van der Waals surface area contributed by atoms with Gasteiger partial charge in [-0.2, -0.15) is 0 Å². The van der Waals surface area contributed by atoms with Crippen molar-refractivity contribution >= 4 is 16.1 Å². The summed E-state index contributed by atoms with van der Waals surface area (Å²) in [5.74, 6) is 0. The minimum atomic E-state index is -3.71. The molecule has 7 nitrogen and oxygen atoms in total. The van der Waals surface area contributed by atoms with Gasteiger partial charge in [-0.05, 0) is 62.9 Å². The Hall–Kier alpha value is -1.64. The number of likely N-dealkylation sites (tertiary alicyclic amines) is 2. The molecule has 2 heterocycles. The van der Waals surface area contributed by atoms with Crippen molar-refractivity contribution in [3.63, 3.8) is 0 Å². The van der Waals surface area contributed by atoms with Crippen molar-refractivity contribution in [3.8, 4) is 0 Å². The van der Waals surface area contributed by atoms with E-state index in [2.05, 4.69) is 17.3 Å². The van der Waals surface area contributed by atoms with Gasteiger partial charge in [0.1, 0.15) is 0 Å². The van der Waals surface area contributed by atoms with E-state index in [1.807, 2.05) is 11.8 Å². The molecule has 1 spiro atoms. The standard InChI is InChI=1S/C18H28N4O3S/c1-14-12-16(26(19,24)25)5-4-15(14)13-20-17(23)22-9-3-6-18(22)7-10-21(2)11-8-18/h4-5,12H,3,6-11,13H2,1-2H3,(H,20,23)(H2,19,24,25). The first-order valence-electron chi connectivity index (χ1n) is 9.08. The van der Waals surface area contributed by atoms with E-state index in [1.54, 1.807) is 12.1 Å². The van der Waals surface area contributed by atoms with E-state index in [9.17, 15) is 13.2 Å². The Balaban J connectivity index is 1.65. The van der Waals surface area contributed by atoms with Crippen LogP contribution in [0.15, 0.2) is 23.1 Å². The molecular formula is C18H28N4O3S. The maximum absolute atomic E-state index is 12.8. The van der Waals surface area contributed by atoms with Crippen LogP contribution in [0.4, 0.5) is 4.79 Å². The summed E-state index contributed by atoms with van der Waals surface area (Å²) >= 11 is 0. The molecule has 1 aromatic rings. The molecule has 2 aliphatic heterocycles. The number of aryl methyl sites for hydroxylation is 1. The molecule has 0 atom stereocenters. The number of carbonyl (C=O) groups excluding carboxylic acids is 1. The normalized spacial score (nSPS) is 20.5. The van der Waals surface area contributed by atoms with Crippen molar-refractivity contribution < 1.29 is 13.2 Å². The van der Waals surface area contributed by atoms with Gasteiger partial charge in [0.2, 0.25) is 10.0 Å². The third-order valence-electron chi connectivity index (χ3n) is 5.83. The Kier molecular flexibility index (Phi) is 5.28. The van der Waals surface area contributed by atoms with E-state index in [0.717, 1.165) is 56.4 Å². The average molecular weight is 381 g/mol. The minimum Gasteiger partial charge on any atom is -0.334 e. The first-order chi connectivity index (χ1) is 12.2. The lowest BCUT2D eigenvalue weighted by atomic mass is 9.85. The number of hydrogen-bond acceptors (Lipinski definition) is 4. The Morgan fingerprint density at radius 1 is 1.23 bits per heavy atom. The van der Waals surface area contributed by atoms with E-state index in [-0.39, 0.29) is 16.5 Å². The summed E-state index contributed by atoms with van der Waals surface area (Å²) in [6.07, 6.45) is 4.19. The van der Waals surface area contributed by atoms with Crippen molar-refractivity contribution in [2.45, 2.75) is 49.6 Å². The van der Waals surface area contributed by atoms with Crippen LogP contribution < -0.4 is 10.5 Å². The maximum atomic E-state index is 12.8. The minimum absolute atomic E-state index is 0.00310. The largest absolute Gasteiger partial charge is 0.334 e. The number of nitrogens with two attached hydrogens (primary N) is 1. The summed E-state index contributed by atoms with van der Waals surface area (Å²) in [5, 5.41) is 8.18. The van der Waals surface area contributed by atoms with Crippen LogP contribution in [0.5, 0.6) is 0 Å². The number of nitrogens with one attached hydrogen (secondary N) is 1. The highest BCUT2D eigenvalue weighted by atomic mass is 32.2. The molecule has 2 fully saturated rings. The molecule has 1 aromatic carbocycles. The van der Waals surface area contributed by atoms with Crippen LogP contribution in [-0.2, 0) is 16.6 Å². The van der Waals surface area contributed by atoms with Crippen molar-refractivity contribution in [2.75, 3.05) is 26.7 Å². The fraction of sp³-hybridized carbons (Fsp3) is 0.611. The van der Waals surface area contributed by atoms with Gasteiger partial charge in [0.15, 0.2) is 0 Å². The highest BCUT2D eigenvalue weighted by Crippen LogP contribution is 2.38. The Labute approximate surface area is 155 Å². The molecule has 144 valence electrons. The van der Waals surface area contributed by atoms with Crippen LogP contribution in [0, 0.1) is 6.92 Å². The smallest absolute Gasteiger partial charge is 0.318 e. The summed E-state index contributed by atoms with van der Waals surface area (Å²) in [7, 11) is -1.58. The zero-order valence-corrected chi connectivity index (χ0v) is 16.3. The number of rotatable bonds is 3. The summed E-state index contributed by atoms with van der Waals surface area (Å²) < 4.78 is 22.9. The van der Waals surface area contributed by atoms with Crippen LogP contribution >= 0.6 is 0 Å². The maximum Gasteiger partial charge on any atom is 0.318 e. The lowest BCUT2D eigenvalue weighted by molar-refractivity contribution is 0.0828. The molecular weight excluding hydrogens is 352 g/mol. The average Bonchev–Trinajstić information content (AvgIpc) is 2.99. The SMILES string of the molecule is Cc1cc(S(N)(=O)=O)ccc1CNC(=O)N1CCCC12CCN(C)CC2. The third kappa shape index (κ3) is 3.87. The fourth-order valence-corrected chi connectivity index (χ4v) is 4.72. The number of piperidine rings is 1. The van der Waals surface area contributed by atoms with Crippen molar-refractivity contribution in [1.29, 1.82) is 0 Å². The highest BCUT2D eigenvalue weighted by molar-refractivity contribution is 7.89. The van der Waals surface area contributed by atoms with Crippen LogP contribution in [0.1, 0.15) is 36.8 Å². The second-order valence-corrected chi connectivity index (χ2v) is 9.14. The van der Waals surface area contributed by atoms with Crippen LogP contribution in [-0.4, -0.2) is 56.5 Å². The number of urea groups is 1. The molecule has 0 aliphatic carbocycles. The molecule has 2 aliphatic rings. The molecule has 3 rings (SSSR count). The second-order valence-electron chi connectivity index (χ2n) is 7.57. The van der Waals surface area contributed by atoms with Crippen LogP contribution in [0.2, 0.25) is 0 Å². The van der Waals surface area contributed by atoms with Crippen molar-refractivity contribution in [3.05, 3.63) is 29.3 Å². The van der Waals surface area contributed by atoms with Crippen molar-refractivity contribution in [2.24, 2.45) is 5.14 Å². The summed E-state index contributed by atoms with van der Waals surface area (Å²) in [6, 6.07) is 4.72. The molecule has 0 radical (unpaired) electrons. The first-order valence-corrected chi connectivity index (χ1v) is 10.6. The fourth-order valence-electron chi connectivity index (χ4n) is 4.12. The van der Waals surface area contributed by atoms with Crippen molar-refractivity contribution in [1.82, 2.24) is 15.1 Å². The number of amides is 2. The summed E-state index contributed by atoms with van der Waals surface area (Å²) in [4.78, 5) is 17.2. The molecule has 8 heteroatoms. The quantitative estimate of drug-likeness (QED) is 0.829. The van der Waals surface area contributed by atoms with E-state index in [0.29, 0.717) is 6.54 Å². The molecule has 0 aromatic heterocycles. The molecule has 3 N–H and O–H groups in total. The molecule has 26 heavy (non-hydrogen) atoms. The highest BCUT2D eigenvalue weighted by Gasteiger charge is 2.44. The number of sulfonamides is 1. The number of nitrogens with zero attached hydrogens (tertiary/aromatic N) is 2. The third-order valence-corrected chi connectivity index (χ3v) is 6.74. The lowest BCUT2D eigenvalue weighted by Gasteiger charge is -2.44. The van der Waals surface area contributed by atoms with Crippen LogP contribution in [0.25, 0.3) is 0 Å². The Morgan fingerprint density at radius 3 is 2.54 bits per heavy atom. The van der Waals surface area contributed by atoms with E-state index in [1.165, 1.54) is 6.07 Å². The predicted octanol–water partition coefficient (Wildman–Crippen LogP) is 1.41. The van der Waals surface area contributed by atoms with Gasteiger partial charge in [-0.15, -0.1) is 0 Å². The molecule has 0 unspecified atom stereocenters. The van der Waals surface area contributed by atoms with E-state index < -0.39 is 10.0 Å². The van der Waals surface area contributed by atoms with E-state index >= 15 is 0 Å². The summed E-state index contributed by atoms with van der Waals surface area (Å²) in [6.45, 7) is 5.06. The van der Waals surface area contributed by atoms with Crippen LogP contribution in [0.3, 0.4) is 0 Å². The number of primary sulfonamides is 1. The Morgan fingerprint density at radius 2 is 1.92 bits per heavy atom. The topological polar surface area (TPSA) is 95.7 Å². The number of benzene rings is 1. The summed E-state index contributed by atoms with van der Waals surface area (Å²) in [5.41, 5.74) is 1.69. The lowest BCUT2D eigenvalue weighted by Crippen LogP contribution is -2.55. The molecule has 2 amide bonds. The zero-order valence-electron chi connectivity index (χ0n) is 15.5.